The van der Waals surface area contributed by atoms with Gasteiger partial charge < -0.3 is 14.4 Å². The van der Waals surface area contributed by atoms with Gasteiger partial charge in [-0.05, 0) is 84.9 Å². The summed E-state index contributed by atoms with van der Waals surface area (Å²) in [6.45, 7) is 4.33. The van der Waals surface area contributed by atoms with Crippen LogP contribution in [0.1, 0.15) is 42.1 Å². The van der Waals surface area contributed by atoms with E-state index in [0.717, 1.165) is 59.2 Å². The van der Waals surface area contributed by atoms with Gasteiger partial charge in [0.15, 0.2) is 5.78 Å². The molecule has 4 rings (SSSR count). The lowest BCUT2D eigenvalue weighted by atomic mass is 9.89. The fourth-order valence-corrected chi connectivity index (χ4v) is 4.24. The normalized spacial score (nSPS) is 11.1. The van der Waals surface area contributed by atoms with Gasteiger partial charge in [0.2, 0.25) is 0 Å². The number of hydrogen-bond donors (Lipinski definition) is 0. The molecule has 0 radical (unpaired) electrons. The molecule has 0 spiro atoms. The molecule has 36 heavy (non-hydrogen) atoms. The maximum Gasteiger partial charge on any atom is 0.194 e. The Kier molecular flexibility index (Phi) is 8.75. The molecule has 0 bridgehead atoms. The van der Waals surface area contributed by atoms with Crippen molar-refractivity contribution in [2.75, 3.05) is 33.9 Å². The second-order valence-electron chi connectivity index (χ2n) is 9.30. The molecule has 0 saturated heterocycles. The first-order valence-electron chi connectivity index (χ1n) is 12.7. The molecule has 4 aromatic rings. The highest BCUT2D eigenvalue weighted by Gasteiger charge is 2.19. The molecule has 0 unspecified atom stereocenters. The highest BCUT2D eigenvalue weighted by Crippen LogP contribution is 2.34. The topological polar surface area (TPSA) is 38.8 Å². The third-order valence-corrected chi connectivity index (χ3v) is 6.24. The molecular formula is C32H35NO3. The van der Waals surface area contributed by atoms with Gasteiger partial charge in [-0.15, -0.1) is 0 Å². The van der Waals surface area contributed by atoms with E-state index in [-0.39, 0.29) is 5.78 Å². The van der Waals surface area contributed by atoms with Gasteiger partial charge in [0, 0.05) is 17.7 Å². The van der Waals surface area contributed by atoms with E-state index in [1.54, 1.807) is 0 Å². The maximum atomic E-state index is 13.9. The summed E-state index contributed by atoms with van der Waals surface area (Å²) in [7, 11) is 4.03. The number of hydrogen-bond acceptors (Lipinski definition) is 4. The number of benzene rings is 4. The maximum absolute atomic E-state index is 13.9. The average molecular weight is 482 g/mol. The molecule has 186 valence electrons. The molecule has 0 heterocycles. The Morgan fingerprint density at radius 2 is 1.50 bits per heavy atom. The number of fused-ring (bicyclic) bond motifs is 1. The SMILES string of the molecule is CCCCCOc1ccc2c(C(=O)c3ccc(OCCN(C)C)cc3)c(-c3ccccc3)ccc2c1. The fraction of sp³-hybridized carbons (Fsp3) is 0.281. The van der Waals surface area contributed by atoms with Gasteiger partial charge in [-0.25, -0.2) is 0 Å². The molecule has 0 N–H and O–H groups in total. The van der Waals surface area contributed by atoms with Crippen LogP contribution in [0.3, 0.4) is 0 Å². The van der Waals surface area contributed by atoms with Crippen LogP contribution in [0.2, 0.25) is 0 Å². The lowest BCUT2D eigenvalue weighted by Crippen LogP contribution is -2.19. The largest absolute Gasteiger partial charge is 0.494 e. The zero-order chi connectivity index (χ0) is 25.3. The van der Waals surface area contributed by atoms with E-state index < -0.39 is 0 Å². The number of rotatable bonds is 12. The number of carbonyl (C=O) groups is 1. The van der Waals surface area contributed by atoms with E-state index in [4.69, 9.17) is 9.47 Å². The van der Waals surface area contributed by atoms with Crippen molar-refractivity contribution in [2.45, 2.75) is 26.2 Å². The molecule has 4 nitrogen and oxygen atoms in total. The molecule has 0 atom stereocenters. The monoisotopic (exact) mass is 481 g/mol. The van der Waals surface area contributed by atoms with Crippen LogP contribution in [0, 0.1) is 0 Å². The summed E-state index contributed by atoms with van der Waals surface area (Å²) in [4.78, 5) is 16.0. The summed E-state index contributed by atoms with van der Waals surface area (Å²) >= 11 is 0. The van der Waals surface area contributed by atoms with Crippen molar-refractivity contribution >= 4 is 16.6 Å². The van der Waals surface area contributed by atoms with Crippen molar-refractivity contribution in [1.29, 1.82) is 0 Å². The Morgan fingerprint density at radius 1 is 0.778 bits per heavy atom. The molecule has 4 aromatic carbocycles. The standard InChI is InChI=1S/C32H35NO3/c1-4-5-9-21-35-28-17-19-30-26(23-28)14-18-29(24-10-7-6-8-11-24)31(30)32(34)25-12-15-27(16-13-25)36-22-20-33(2)3/h6-8,10-19,23H,4-5,9,20-22H2,1-3H3. The smallest absolute Gasteiger partial charge is 0.194 e. The summed E-state index contributed by atoms with van der Waals surface area (Å²) in [5, 5.41) is 1.92. The summed E-state index contributed by atoms with van der Waals surface area (Å²) in [5.41, 5.74) is 3.29. The lowest BCUT2D eigenvalue weighted by molar-refractivity contribution is 0.104. The number of carbonyl (C=O) groups excluding carboxylic acids is 1. The highest BCUT2D eigenvalue weighted by molar-refractivity contribution is 6.20. The third kappa shape index (κ3) is 6.32. The van der Waals surface area contributed by atoms with Gasteiger partial charge >= 0.3 is 0 Å². The minimum absolute atomic E-state index is 0.00379. The Hall–Kier alpha value is -3.63. The molecular weight excluding hydrogens is 446 g/mol. The average Bonchev–Trinajstić information content (AvgIpc) is 2.90. The highest BCUT2D eigenvalue weighted by atomic mass is 16.5. The first-order valence-corrected chi connectivity index (χ1v) is 12.7. The van der Waals surface area contributed by atoms with Crippen molar-refractivity contribution in [3.05, 3.63) is 96.1 Å². The van der Waals surface area contributed by atoms with Crippen LogP contribution >= 0.6 is 0 Å². The first-order chi connectivity index (χ1) is 17.6. The van der Waals surface area contributed by atoms with E-state index in [9.17, 15) is 4.79 Å². The van der Waals surface area contributed by atoms with Crippen LogP contribution in [0.5, 0.6) is 11.5 Å². The van der Waals surface area contributed by atoms with Crippen LogP contribution < -0.4 is 9.47 Å². The molecule has 4 heteroatoms. The predicted molar refractivity (Wildman–Crippen MR) is 148 cm³/mol. The number of ether oxygens (including phenoxy) is 2. The number of ketones is 1. The van der Waals surface area contributed by atoms with Crippen molar-refractivity contribution in [2.24, 2.45) is 0 Å². The van der Waals surface area contributed by atoms with Crippen LogP contribution in [0.15, 0.2) is 84.9 Å². The van der Waals surface area contributed by atoms with Gasteiger partial charge in [0.05, 0.1) is 6.61 Å². The molecule has 0 saturated carbocycles. The fourth-order valence-electron chi connectivity index (χ4n) is 4.24. The number of unbranched alkanes of at least 4 members (excludes halogenated alkanes) is 2. The minimum Gasteiger partial charge on any atom is -0.494 e. The zero-order valence-electron chi connectivity index (χ0n) is 21.5. The number of likely N-dealkylation sites (N-methyl/N-ethyl adjacent to an activating group) is 1. The summed E-state index contributed by atoms with van der Waals surface area (Å²) in [6, 6.07) is 27.7. The first kappa shape index (κ1) is 25.5. The molecule has 0 fully saturated rings. The predicted octanol–water partition coefficient (Wildman–Crippen LogP) is 7.25. The van der Waals surface area contributed by atoms with Gasteiger partial charge in [0.25, 0.3) is 0 Å². The Labute approximate surface area is 214 Å². The van der Waals surface area contributed by atoms with Crippen molar-refractivity contribution in [3.8, 4) is 22.6 Å². The molecule has 0 aliphatic rings. The Bertz CT molecular complexity index is 1280. The summed E-state index contributed by atoms with van der Waals surface area (Å²) in [5.74, 6) is 1.60. The lowest BCUT2D eigenvalue weighted by Gasteiger charge is -2.15. The van der Waals surface area contributed by atoms with E-state index in [0.29, 0.717) is 24.3 Å². The van der Waals surface area contributed by atoms with Crippen LogP contribution in [-0.4, -0.2) is 44.5 Å². The summed E-state index contributed by atoms with van der Waals surface area (Å²) in [6.07, 6.45) is 3.37. The van der Waals surface area contributed by atoms with Crippen LogP contribution in [0.25, 0.3) is 21.9 Å². The molecule has 0 aliphatic carbocycles. The van der Waals surface area contributed by atoms with Gasteiger partial charge in [-0.3, -0.25) is 4.79 Å². The summed E-state index contributed by atoms with van der Waals surface area (Å²) < 4.78 is 11.8. The van der Waals surface area contributed by atoms with Gasteiger partial charge in [0.1, 0.15) is 18.1 Å². The Morgan fingerprint density at radius 3 is 2.22 bits per heavy atom. The number of nitrogens with zero attached hydrogens (tertiary/aromatic N) is 1. The van der Waals surface area contributed by atoms with E-state index in [1.165, 1.54) is 0 Å². The quantitative estimate of drug-likeness (QED) is 0.158. The van der Waals surface area contributed by atoms with Crippen molar-refractivity contribution < 1.29 is 14.3 Å². The molecule has 0 aliphatic heterocycles. The van der Waals surface area contributed by atoms with E-state index in [1.807, 2.05) is 93.0 Å². The zero-order valence-corrected chi connectivity index (χ0v) is 21.5. The second-order valence-corrected chi connectivity index (χ2v) is 9.30. The van der Waals surface area contributed by atoms with Crippen LogP contribution in [0.4, 0.5) is 0 Å². The van der Waals surface area contributed by atoms with Crippen molar-refractivity contribution in [3.63, 3.8) is 0 Å². The van der Waals surface area contributed by atoms with E-state index >= 15 is 0 Å². The van der Waals surface area contributed by atoms with Crippen molar-refractivity contribution in [1.82, 2.24) is 4.90 Å². The molecule has 0 aromatic heterocycles. The van der Waals surface area contributed by atoms with E-state index in [2.05, 4.69) is 17.9 Å². The minimum atomic E-state index is -0.00379. The second kappa shape index (κ2) is 12.4. The van der Waals surface area contributed by atoms with Gasteiger partial charge in [-0.1, -0.05) is 62.2 Å². The van der Waals surface area contributed by atoms with Crippen LogP contribution in [-0.2, 0) is 0 Å². The van der Waals surface area contributed by atoms with Gasteiger partial charge in [-0.2, -0.15) is 0 Å². The third-order valence-electron chi connectivity index (χ3n) is 6.24. The Balaban J connectivity index is 1.68. The molecule has 0 amide bonds.